The molecule has 6 heteroatoms. The summed E-state index contributed by atoms with van der Waals surface area (Å²) in [6.45, 7) is 7.09. The number of hydrogen-bond donors (Lipinski definition) is 2. The molecule has 0 bridgehead atoms. The molecule has 19 heavy (non-hydrogen) atoms. The number of amides is 2. The van der Waals surface area contributed by atoms with Crippen LogP contribution in [-0.4, -0.2) is 42.9 Å². The Morgan fingerprint density at radius 1 is 1.53 bits per heavy atom. The van der Waals surface area contributed by atoms with Crippen LogP contribution in [0.25, 0.3) is 0 Å². The summed E-state index contributed by atoms with van der Waals surface area (Å²) in [6, 6.07) is 0. The van der Waals surface area contributed by atoms with Gasteiger partial charge in [-0.1, -0.05) is 0 Å². The fourth-order valence-corrected chi connectivity index (χ4v) is 2.61. The van der Waals surface area contributed by atoms with Gasteiger partial charge >= 0.3 is 6.09 Å². The largest absolute Gasteiger partial charge is 0.444 e. The molecule has 0 radical (unpaired) electrons. The van der Waals surface area contributed by atoms with Crippen molar-refractivity contribution in [2.45, 2.75) is 44.8 Å². The van der Waals surface area contributed by atoms with E-state index in [0.29, 0.717) is 32.6 Å². The van der Waals surface area contributed by atoms with Gasteiger partial charge in [-0.05, 0) is 27.2 Å². The molecule has 0 aromatic rings. The van der Waals surface area contributed by atoms with Crippen molar-refractivity contribution in [2.24, 2.45) is 5.92 Å². The predicted molar refractivity (Wildman–Crippen MR) is 68.7 cm³/mol. The molecule has 0 spiro atoms. The van der Waals surface area contributed by atoms with Gasteiger partial charge in [0.25, 0.3) is 0 Å². The van der Waals surface area contributed by atoms with E-state index in [0.717, 1.165) is 0 Å². The lowest BCUT2D eigenvalue weighted by Gasteiger charge is -2.34. The first kappa shape index (κ1) is 14.1. The molecular weight excluding hydrogens is 248 g/mol. The van der Waals surface area contributed by atoms with Gasteiger partial charge in [-0.25, -0.2) is 4.79 Å². The van der Waals surface area contributed by atoms with E-state index in [-0.39, 0.29) is 11.8 Å². The molecule has 0 aromatic carbocycles. The minimum atomic E-state index is -0.533. The van der Waals surface area contributed by atoms with Gasteiger partial charge in [0, 0.05) is 25.5 Å². The number of hydrogen-bond acceptors (Lipinski definition) is 4. The predicted octanol–water partition coefficient (Wildman–Crippen LogP) is 0.806. The first-order valence-electron chi connectivity index (χ1n) is 6.66. The minimum Gasteiger partial charge on any atom is -0.444 e. The van der Waals surface area contributed by atoms with E-state index in [1.165, 1.54) is 0 Å². The lowest BCUT2D eigenvalue weighted by atomic mass is 9.82. The normalized spacial score (nSPS) is 31.1. The highest BCUT2D eigenvalue weighted by Gasteiger charge is 2.47. The molecule has 6 nitrogen and oxygen atoms in total. The molecule has 0 saturated carbocycles. The Labute approximate surface area is 113 Å². The van der Waals surface area contributed by atoms with Gasteiger partial charge in [-0.3, -0.25) is 4.79 Å². The van der Waals surface area contributed by atoms with Crippen molar-refractivity contribution in [3.05, 3.63) is 0 Å². The second-order valence-corrected chi connectivity index (χ2v) is 6.29. The molecule has 2 aliphatic heterocycles. The molecule has 108 valence electrons. The third-order valence-electron chi connectivity index (χ3n) is 3.56. The summed E-state index contributed by atoms with van der Waals surface area (Å²) in [5.74, 6) is 0.0947. The lowest BCUT2D eigenvalue weighted by Crippen LogP contribution is -2.56. The highest BCUT2D eigenvalue weighted by Crippen LogP contribution is 2.32. The number of rotatable bonds is 2. The standard InChI is InChI=1S/C13H22N2O4/c1-12(2,3)19-11(17)15-13(4-5-18-8-13)9-6-10(16)14-7-9/h9H,4-8H2,1-3H3,(H,14,16)(H,15,17). The number of nitrogens with one attached hydrogen (secondary N) is 2. The fraction of sp³-hybridized carbons (Fsp3) is 0.846. The van der Waals surface area contributed by atoms with Crippen LogP contribution in [-0.2, 0) is 14.3 Å². The maximum absolute atomic E-state index is 12.0. The van der Waals surface area contributed by atoms with E-state index in [9.17, 15) is 9.59 Å². The minimum absolute atomic E-state index is 0.0299. The zero-order valence-electron chi connectivity index (χ0n) is 11.7. The quantitative estimate of drug-likeness (QED) is 0.778. The Hall–Kier alpha value is -1.30. The molecule has 2 heterocycles. The highest BCUT2D eigenvalue weighted by molar-refractivity contribution is 5.79. The van der Waals surface area contributed by atoms with Crippen LogP contribution in [0.5, 0.6) is 0 Å². The van der Waals surface area contributed by atoms with E-state index in [2.05, 4.69) is 10.6 Å². The first-order valence-corrected chi connectivity index (χ1v) is 6.66. The van der Waals surface area contributed by atoms with Gasteiger partial charge < -0.3 is 20.1 Å². The highest BCUT2D eigenvalue weighted by atomic mass is 16.6. The van der Waals surface area contributed by atoms with E-state index in [4.69, 9.17) is 9.47 Å². The van der Waals surface area contributed by atoms with Gasteiger partial charge in [0.2, 0.25) is 5.91 Å². The van der Waals surface area contributed by atoms with Crippen molar-refractivity contribution in [1.29, 1.82) is 0 Å². The van der Waals surface area contributed by atoms with Gasteiger partial charge in [-0.15, -0.1) is 0 Å². The van der Waals surface area contributed by atoms with Crippen LogP contribution in [0.1, 0.15) is 33.6 Å². The summed E-state index contributed by atoms with van der Waals surface area (Å²) in [5.41, 5.74) is -1.02. The molecule has 2 rings (SSSR count). The molecule has 0 aromatic heterocycles. The molecule has 2 fully saturated rings. The van der Waals surface area contributed by atoms with E-state index in [1.54, 1.807) is 0 Å². The van der Waals surface area contributed by atoms with Crippen molar-refractivity contribution < 1.29 is 19.1 Å². The molecule has 2 saturated heterocycles. The van der Waals surface area contributed by atoms with Crippen LogP contribution < -0.4 is 10.6 Å². The fourth-order valence-electron chi connectivity index (χ4n) is 2.61. The van der Waals surface area contributed by atoms with Gasteiger partial charge in [-0.2, -0.15) is 0 Å². The number of alkyl carbamates (subject to hydrolysis) is 1. The van der Waals surface area contributed by atoms with E-state index < -0.39 is 17.2 Å². The van der Waals surface area contributed by atoms with Crippen molar-refractivity contribution in [1.82, 2.24) is 10.6 Å². The summed E-state index contributed by atoms with van der Waals surface area (Å²) in [4.78, 5) is 23.3. The Bertz CT molecular complexity index is 369. The SMILES string of the molecule is CC(C)(C)OC(=O)NC1(C2CNC(=O)C2)CCOC1. The smallest absolute Gasteiger partial charge is 0.408 e. The van der Waals surface area contributed by atoms with Crippen molar-refractivity contribution in [2.75, 3.05) is 19.8 Å². The van der Waals surface area contributed by atoms with Crippen LogP contribution in [0.4, 0.5) is 4.79 Å². The second kappa shape index (κ2) is 5.00. The monoisotopic (exact) mass is 270 g/mol. The Morgan fingerprint density at radius 3 is 2.74 bits per heavy atom. The first-order chi connectivity index (χ1) is 8.81. The van der Waals surface area contributed by atoms with Crippen molar-refractivity contribution in [3.8, 4) is 0 Å². The van der Waals surface area contributed by atoms with Gasteiger partial charge in [0.1, 0.15) is 5.60 Å². The summed E-state index contributed by atoms with van der Waals surface area (Å²) in [6.07, 6.45) is 0.697. The summed E-state index contributed by atoms with van der Waals surface area (Å²) < 4.78 is 10.7. The van der Waals surface area contributed by atoms with Crippen LogP contribution in [0.2, 0.25) is 0 Å². The summed E-state index contributed by atoms with van der Waals surface area (Å²) in [5, 5.41) is 5.74. The molecule has 0 aliphatic carbocycles. The number of ether oxygens (including phenoxy) is 2. The summed E-state index contributed by atoms with van der Waals surface area (Å²) >= 11 is 0. The zero-order valence-corrected chi connectivity index (χ0v) is 11.7. The van der Waals surface area contributed by atoms with Crippen LogP contribution >= 0.6 is 0 Å². The summed E-state index contributed by atoms with van der Waals surface area (Å²) in [7, 11) is 0. The third kappa shape index (κ3) is 3.37. The van der Waals surface area contributed by atoms with Crippen molar-refractivity contribution in [3.63, 3.8) is 0 Å². The van der Waals surface area contributed by atoms with Crippen molar-refractivity contribution >= 4 is 12.0 Å². The van der Waals surface area contributed by atoms with Gasteiger partial charge in [0.15, 0.2) is 0 Å². The maximum Gasteiger partial charge on any atom is 0.408 e. The molecule has 2 aliphatic rings. The molecule has 2 atom stereocenters. The zero-order chi connectivity index (χ0) is 14.1. The maximum atomic E-state index is 12.0. The van der Waals surface area contributed by atoms with Crippen LogP contribution in [0.3, 0.4) is 0 Å². The number of carbonyl (C=O) groups is 2. The average molecular weight is 270 g/mol. The molecular formula is C13H22N2O4. The van der Waals surface area contributed by atoms with Crippen LogP contribution in [0, 0.1) is 5.92 Å². The lowest BCUT2D eigenvalue weighted by molar-refractivity contribution is -0.119. The van der Waals surface area contributed by atoms with Crippen LogP contribution in [0.15, 0.2) is 0 Å². The van der Waals surface area contributed by atoms with E-state index >= 15 is 0 Å². The Balaban J connectivity index is 2.03. The second-order valence-electron chi connectivity index (χ2n) is 6.29. The average Bonchev–Trinajstić information content (AvgIpc) is 2.84. The number of carbonyl (C=O) groups excluding carboxylic acids is 2. The molecule has 2 N–H and O–H groups in total. The Kier molecular flexibility index (Phi) is 3.71. The van der Waals surface area contributed by atoms with E-state index in [1.807, 2.05) is 20.8 Å². The topological polar surface area (TPSA) is 76.7 Å². The van der Waals surface area contributed by atoms with Gasteiger partial charge in [0.05, 0.1) is 12.1 Å². The molecule has 2 unspecified atom stereocenters. The third-order valence-corrected chi connectivity index (χ3v) is 3.56. The molecule has 2 amide bonds. The Morgan fingerprint density at radius 2 is 2.26 bits per heavy atom.